The van der Waals surface area contributed by atoms with Crippen molar-refractivity contribution < 1.29 is 9.90 Å². The number of benzene rings is 2. The second-order valence-electron chi connectivity index (χ2n) is 4.16. The molecule has 4 N–H and O–H groups in total. The minimum absolute atomic E-state index is 0.0179. The van der Waals surface area contributed by atoms with Gasteiger partial charge in [-0.15, -0.1) is 0 Å². The van der Waals surface area contributed by atoms with Crippen LogP contribution in [0.2, 0.25) is 0 Å². The van der Waals surface area contributed by atoms with Crippen molar-refractivity contribution in [3.05, 3.63) is 52.0 Å². The molecule has 2 rings (SSSR count). The van der Waals surface area contributed by atoms with Crippen LogP contribution in [0.1, 0.15) is 15.9 Å². The molecule has 4 nitrogen and oxygen atoms in total. The first-order valence-electron chi connectivity index (χ1n) is 5.64. The lowest BCUT2D eigenvalue weighted by Gasteiger charge is -2.10. The molecular formula is C14H13BrN2O2. The minimum atomic E-state index is -0.393. The fourth-order valence-electron chi connectivity index (χ4n) is 1.68. The van der Waals surface area contributed by atoms with Crippen molar-refractivity contribution in [1.82, 2.24) is 0 Å². The Bertz CT molecular complexity index is 641. The number of nitrogens with two attached hydrogens (primary N) is 1. The summed E-state index contributed by atoms with van der Waals surface area (Å²) in [6.45, 7) is 1.74. The molecule has 0 heterocycles. The number of rotatable bonds is 2. The predicted molar refractivity (Wildman–Crippen MR) is 79.4 cm³/mol. The molecule has 0 aromatic heterocycles. The number of nitrogen functional groups attached to an aromatic ring is 1. The topological polar surface area (TPSA) is 75.4 Å². The summed E-state index contributed by atoms with van der Waals surface area (Å²) in [4.78, 5) is 12.1. The van der Waals surface area contributed by atoms with E-state index in [0.717, 1.165) is 4.47 Å². The summed E-state index contributed by atoms with van der Waals surface area (Å²) in [5, 5.41) is 12.5. The standard InChI is InChI=1S/C14H13BrN2O2/c1-8-3-2-4-10(13(8)18)14(19)17-12-6-5-9(15)7-11(12)16/h2-7,18H,16H2,1H3,(H,17,19). The van der Waals surface area contributed by atoms with Crippen LogP contribution in [0.3, 0.4) is 0 Å². The zero-order valence-electron chi connectivity index (χ0n) is 10.3. The van der Waals surface area contributed by atoms with Crippen molar-refractivity contribution in [3.63, 3.8) is 0 Å². The van der Waals surface area contributed by atoms with Crippen LogP contribution >= 0.6 is 15.9 Å². The molecule has 19 heavy (non-hydrogen) atoms. The number of amides is 1. The highest BCUT2D eigenvalue weighted by Crippen LogP contribution is 2.26. The molecular weight excluding hydrogens is 308 g/mol. The summed E-state index contributed by atoms with van der Waals surface area (Å²) in [6, 6.07) is 10.2. The Morgan fingerprint density at radius 2 is 2.05 bits per heavy atom. The van der Waals surface area contributed by atoms with Gasteiger partial charge in [-0.05, 0) is 36.8 Å². The minimum Gasteiger partial charge on any atom is -0.507 e. The van der Waals surface area contributed by atoms with E-state index in [9.17, 15) is 9.90 Å². The lowest BCUT2D eigenvalue weighted by Crippen LogP contribution is -2.13. The van der Waals surface area contributed by atoms with E-state index in [1.165, 1.54) is 0 Å². The summed E-state index contributed by atoms with van der Waals surface area (Å²) in [7, 11) is 0. The number of carbonyl (C=O) groups is 1. The van der Waals surface area contributed by atoms with Crippen LogP contribution in [-0.4, -0.2) is 11.0 Å². The van der Waals surface area contributed by atoms with Gasteiger partial charge in [-0.3, -0.25) is 4.79 Å². The maximum absolute atomic E-state index is 12.1. The zero-order chi connectivity index (χ0) is 14.0. The highest BCUT2D eigenvalue weighted by Gasteiger charge is 2.13. The van der Waals surface area contributed by atoms with Crippen LogP contribution in [0.4, 0.5) is 11.4 Å². The number of aromatic hydroxyl groups is 1. The van der Waals surface area contributed by atoms with E-state index < -0.39 is 5.91 Å². The number of phenols is 1. The number of halogens is 1. The molecule has 2 aromatic rings. The molecule has 0 radical (unpaired) electrons. The van der Waals surface area contributed by atoms with Crippen molar-refractivity contribution in [2.24, 2.45) is 0 Å². The third kappa shape index (κ3) is 2.88. The molecule has 98 valence electrons. The second kappa shape index (κ2) is 5.32. The Kier molecular flexibility index (Phi) is 3.76. The van der Waals surface area contributed by atoms with Gasteiger partial charge in [0.1, 0.15) is 5.75 Å². The third-order valence-corrected chi connectivity index (χ3v) is 3.24. The van der Waals surface area contributed by atoms with Crippen molar-refractivity contribution in [3.8, 4) is 5.75 Å². The number of nitrogens with one attached hydrogen (secondary N) is 1. The Labute approximate surface area is 119 Å². The van der Waals surface area contributed by atoms with Gasteiger partial charge in [-0.2, -0.15) is 0 Å². The van der Waals surface area contributed by atoms with Gasteiger partial charge in [0.05, 0.1) is 16.9 Å². The molecule has 2 aromatic carbocycles. The van der Waals surface area contributed by atoms with Crippen LogP contribution in [0, 0.1) is 6.92 Å². The molecule has 0 atom stereocenters. The quantitative estimate of drug-likeness (QED) is 0.743. The summed E-state index contributed by atoms with van der Waals surface area (Å²) in [5.74, 6) is -0.411. The fourth-order valence-corrected chi connectivity index (χ4v) is 2.06. The largest absolute Gasteiger partial charge is 0.507 e. The van der Waals surface area contributed by atoms with Gasteiger partial charge in [0.25, 0.3) is 5.91 Å². The normalized spacial score (nSPS) is 10.2. The number of aryl methyl sites for hydroxylation is 1. The van der Waals surface area contributed by atoms with Gasteiger partial charge in [0.15, 0.2) is 0 Å². The number of carbonyl (C=O) groups excluding carboxylic acids is 1. The van der Waals surface area contributed by atoms with E-state index >= 15 is 0 Å². The highest BCUT2D eigenvalue weighted by molar-refractivity contribution is 9.10. The molecule has 0 bridgehead atoms. The van der Waals surface area contributed by atoms with Crippen LogP contribution < -0.4 is 11.1 Å². The SMILES string of the molecule is Cc1cccc(C(=O)Nc2ccc(Br)cc2N)c1O. The maximum Gasteiger partial charge on any atom is 0.259 e. The van der Waals surface area contributed by atoms with E-state index in [2.05, 4.69) is 21.2 Å². The maximum atomic E-state index is 12.1. The number of hydrogen-bond acceptors (Lipinski definition) is 3. The first-order chi connectivity index (χ1) is 8.99. The van der Waals surface area contributed by atoms with E-state index in [1.807, 2.05) is 0 Å². The average Bonchev–Trinajstić information content (AvgIpc) is 2.36. The number of anilines is 2. The second-order valence-corrected chi connectivity index (χ2v) is 5.07. The Morgan fingerprint density at radius 1 is 1.32 bits per heavy atom. The van der Waals surface area contributed by atoms with Crippen molar-refractivity contribution in [2.45, 2.75) is 6.92 Å². The summed E-state index contributed by atoms with van der Waals surface area (Å²) in [6.07, 6.45) is 0. The summed E-state index contributed by atoms with van der Waals surface area (Å²) in [5.41, 5.74) is 7.64. The first-order valence-corrected chi connectivity index (χ1v) is 6.43. The van der Waals surface area contributed by atoms with Gasteiger partial charge < -0.3 is 16.2 Å². The van der Waals surface area contributed by atoms with E-state index in [4.69, 9.17) is 5.73 Å². The monoisotopic (exact) mass is 320 g/mol. The smallest absolute Gasteiger partial charge is 0.259 e. The first kappa shape index (κ1) is 13.4. The molecule has 0 aliphatic rings. The molecule has 0 fully saturated rings. The number of hydrogen-bond donors (Lipinski definition) is 3. The Balaban J connectivity index is 2.28. The van der Waals surface area contributed by atoms with Gasteiger partial charge in [0.2, 0.25) is 0 Å². The van der Waals surface area contributed by atoms with Crippen LogP contribution in [0.5, 0.6) is 5.75 Å². The molecule has 5 heteroatoms. The number of para-hydroxylation sites is 1. The van der Waals surface area contributed by atoms with Crippen LogP contribution in [-0.2, 0) is 0 Å². The van der Waals surface area contributed by atoms with Crippen molar-refractivity contribution in [1.29, 1.82) is 0 Å². The van der Waals surface area contributed by atoms with E-state index in [-0.39, 0.29) is 11.3 Å². The fraction of sp³-hybridized carbons (Fsp3) is 0.0714. The lowest BCUT2D eigenvalue weighted by molar-refractivity contribution is 0.102. The highest BCUT2D eigenvalue weighted by atomic mass is 79.9. The molecule has 0 aliphatic carbocycles. The average molecular weight is 321 g/mol. The molecule has 0 saturated carbocycles. The lowest BCUT2D eigenvalue weighted by atomic mass is 10.1. The third-order valence-electron chi connectivity index (χ3n) is 2.74. The molecule has 0 unspecified atom stereocenters. The van der Waals surface area contributed by atoms with Crippen LogP contribution in [0.25, 0.3) is 0 Å². The Morgan fingerprint density at radius 3 is 2.74 bits per heavy atom. The van der Waals surface area contributed by atoms with Crippen molar-refractivity contribution in [2.75, 3.05) is 11.1 Å². The van der Waals surface area contributed by atoms with Crippen molar-refractivity contribution >= 4 is 33.2 Å². The molecule has 1 amide bonds. The van der Waals surface area contributed by atoms with E-state index in [1.54, 1.807) is 43.3 Å². The summed E-state index contributed by atoms with van der Waals surface area (Å²) < 4.78 is 0.835. The molecule has 0 aliphatic heterocycles. The van der Waals surface area contributed by atoms with Gasteiger partial charge in [-0.25, -0.2) is 0 Å². The Hall–Kier alpha value is -2.01. The summed E-state index contributed by atoms with van der Waals surface area (Å²) >= 11 is 3.30. The number of phenolic OH excluding ortho intramolecular Hbond substituents is 1. The van der Waals surface area contributed by atoms with Gasteiger partial charge in [0, 0.05) is 4.47 Å². The van der Waals surface area contributed by atoms with Gasteiger partial charge >= 0.3 is 0 Å². The van der Waals surface area contributed by atoms with E-state index in [0.29, 0.717) is 16.9 Å². The predicted octanol–water partition coefficient (Wildman–Crippen LogP) is 3.30. The molecule has 0 saturated heterocycles. The van der Waals surface area contributed by atoms with Crippen LogP contribution in [0.15, 0.2) is 40.9 Å². The zero-order valence-corrected chi connectivity index (χ0v) is 11.9. The molecule has 0 spiro atoms. The van der Waals surface area contributed by atoms with Gasteiger partial charge in [-0.1, -0.05) is 28.1 Å².